The van der Waals surface area contributed by atoms with Crippen LogP contribution >= 0.6 is 0 Å². The minimum Gasteiger partial charge on any atom is -0.483 e. The number of fused-ring (bicyclic) bond motifs is 1. The van der Waals surface area contributed by atoms with Gasteiger partial charge in [-0.15, -0.1) is 0 Å². The molecule has 29 heavy (non-hydrogen) atoms. The fraction of sp³-hybridized carbons (Fsp3) is 0.250. The molecule has 2 amide bonds. The third-order valence-corrected chi connectivity index (χ3v) is 5.04. The summed E-state index contributed by atoms with van der Waals surface area (Å²) >= 11 is 0. The molecule has 0 bridgehead atoms. The van der Waals surface area contributed by atoms with Crippen molar-refractivity contribution >= 4 is 28.3 Å². The van der Waals surface area contributed by atoms with Crippen LogP contribution in [0.3, 0.4) is 0 Å². The van der Waals surface area contributed by atoms with Crippen molar-refractivity contribution in [3.8, 4) is 5.75 Å². The van der Waals surface area contributed by atoms with Crippen molar-refractivity contribution in [2.45, 2.75) is 32.7 Å². The number of carbonyl (C=O) groups excluding carboxylic acids is 2. The molecule has 0 saturated heterocycles. The summed E-state index contributed by atoms with van der Waals surface area (Å²) in [7, 11) is 0. The molecule has 2 N–H and O–H groups in total. The average molecular weight is 388 g/mol. The third-order valence-electron chi connectivity index (χ3n) is 5.04. The number of hydrogen-bond acceptors (Lipinski definition) is 3. The van der Waals surface area contributed by atoms with Gasteiger partial charge in [0.05, 0.1) is 5.56 Å². The Morgan fingerprint density at radius 3 is 2.45 bits per heavy atom. The molecule has 0 aliphatic heterocycles. The lowest BCUT2D eigenvalue weighted by molar-refractivity contribution is -0.123. The van der Waals surface area contributed by atoms with E-state index in [0.29, 0.717) is 11.3 Å². The predicted molar refractivity (Wildman–Crippen MR) is 114 cm³/mol. The summed E-state index contributed by atoms with van der Waals surface area (Å²) in [5.41, 5.74) is 3.22. The third kappa shape index (κ3) is 4.57. The zero-order chi connectivity index (χ0) is 20.4. The normalized spacial score (nSPS) is 13.2. The van der Waals surface area contributed by atoms with Gasteiger partial charge in [0.2, 0.25) is 0 Å². The lowest BCUT2D eigenvalue weighted by Gasteiger charge is -2.14. The van der Waals surface area contributed by atoms with E-state index in [9.17, 15) is 9.59 Å². The van der Waals surface area contributed by atoms with Gasteiger partial charge < -0.3 is 15.4 Å². The van der Waals surface area contributed by atoms with E-state index in [0.717, 1.165) is 40.4 Å². The van der Waals surface area contributed by atoms with E-state index in [1.807, 2.05) is 68.4 Å². The van der Waals surface area contributed by atoms with E-state index in [4.69, 9.17) is 4.74 Å². The second-order valence-electron chi connectivity index (χ2n) is 7.60. The monoisotopic (exact) mass is 388 g/mol. The summed E-state index contributed by atoms with van der Waals surface area (Å²) in [6, 6.07) is 17.6. The SMILES string of the molecule is Cc1ccc(C)c(NC(=O)c2cc3ccccc3cc2OCC(=O)NC2CC2)c1. The van der Waals surface area contributed by atoms with E-state index in [2.05, 4.69) is 10.6 Å². The molecule has 1 aliphatic carbocycles. The highest BCUT2D eigenvalue weighted by Crippen LogP contribution is 2.28. The highest BCUT2D eigenvalue weighted by molar-refractivity contribution is 6.09. The van der Waals surface area contributed by atoms with Crippen LogP contribution in [-0.4, -0.2) is 24.5 Å². The van der Waals surface area contributed by atoms with Crippen molar-refractivity contribution < 1.29 is 14.3 Å². The molecule has 3 aromatic carbocycles. The summed E-state index contributed by atoms with van der Waals surface area (Å²) in [4.78, 5) is 25.1. The molecule has 5 nitrogen and oxygen atoms in total. The lowest BCUT2D eigenvalue weighted by atomic mass is 10.0. The van der Waals surface area contributed by atoms with Crippen molar-refractivity contribution in [2.24, 2.45) is 0 Å². The Hall–Kier alpha value is -3.34. The second kappa shape index (κ2) is 7.95. The maximum Gasteiger partial charge on any atom is 0.259 e. The van der Waals surface area contributed by atoms with E-state index in [-0.39, 0.29) is 24.5 Å². The van der Waals surface area contributed by atoms with Gasteiger partial charge in [0, 0.05) is 11.7 Å². The largest absolute Gasteiger partial charge is 0.483 e. The van der Waals surface area contributed by atoms with Crippen LogP contribution in [0, 0.1) is 13.8 Å². The van der Waals surface area contributed by atoms with Gasteiger partial charge in [-0.3, -0.25) is 9.59 Å². The van der Waals surface area contributed by atoms with Crippen molar-refractivity contribution in [1.29, 1.82) is 0 Å². The first-order valence-electron chi connectivity index (χ1n) is 9.83. The van der Waals surface area contributed by atoms with E-state index in [1.165, 1.54) is 0 Å². The predicted octanol–water partition coefficient (Wildman–Crippen LogP) is 4.37. The van der Waals surface area contributed by atoms with Crippen LogP contribution in [0.15, 0.2) is 54.6 Å². The molecule has 1 aliphatic rings. The first-order chi connectivity index (χ1) is 14.0. The van der Waals surface area contributed by atoms with Gasteiger partial charge in [0.15, 0.2) is 6.61 Å². The maximum atomic E-state index is 13.1. The first-order valence-corrected chi connectivity index (χ1v) is 9.83. The van der Waals surface area contributed by atoms with Crippen LogP contribution in [0.1, 0.15) is 34.3 Å². The number of nitrogens with one attached hydrogen (secondary N) is 2. The summed E-state index contributed by atoms with van der Waals surface area (Å²) in [6.45, 7) is 3.83. The highest BCUT2D eigenvalue weighted by Gasteiger charge is 2.24. The molecular formula is C24H24N2O3. The van der Waals surface area contributed by atoms with E-state index >= 15 is 0 Å². The quantitative estimate of drug-likeness (QED) is 0.659. The number of aryl methyl sites for hydroxylation is 2. The van der Waals surface area contributed by atoms with E-state index < -0.39 is 0 Å². The van der Waals surface area contributed by atoms with Gasteiger partial charge in [0.1, 0.15) is 5.75 Å². The van der Waals surface area contributed by atoms with Crippen molar-refractivity contribution in [3.63, 3.8) is 0 Å². The number of amides is 2. The van der Waals surface area contributed by atoms with Crippen LogP contribution in [0.5, 0.6) is 5.75 Å². The Morgan fingerprint density at radius 1 is 1.00 bits per heavy atom. The van der Waals surface area contributed by atoms with Crippen LogP contribution in [0.25, 0.3) is 10.8 Å². The van der Waals surface area contributed by atoms with Gasteiger partial charge in [-0.1, -0.05) is 36.4 Å². The Bertz CT molecular complexity index is 1090. The van der Waals surface area contributed by atoms with Gasteiger partial charge >= 0.3 is 0 Å². The number of hydrogen-bond donors (Lipinski definition) is 2. The topological polar surface area (TPSA) is 67.4 Å². The van der Waals surface area contributed by atoms with E-state index in [1.54, 1.807) is 0 Å². The standard InChI is InChI=1S/C24H24N2O3/c1-15-7-8-16(2)21(11-15)26-24(28)20-12-17-5-3-4-6-18(17)13-22(20)29-14-23(27)25-19-9-10-19/h3-8,11-13,19H,9-10,14H2,1-2H3,(H,25,27)(H,26,28). The Balaban J connectivity index is 1.62. The molecule has 148 valence electrons. The average Bonchev–Trinajstić information content (AvgIpc) is 3.52. The molecule has 0 atom stereocenters. The number of ether oxygens (including phenoxy) is 1. The van der Waals surface area contributed by atoms with Gasteiger partial charge in [0.25, 0.3) is 11.8 Å². The molecule has 1 fully saturated rings. The number of benzene rings is 3. The van der Waals surface area contributed by atoms with Crippen molar-refractivity contribution in [1.82, 2.24) is 5.32 Å². The first kappa shape index (κ1) is 19.0. The minimum atomic E-state index is -0.262. The smallest absolute Gasteiger partial charge is 0.259 e. The maximum absolute atomic E-state index is 13.1. The zero-order valence-corrected chi connectivity index (χ0v) is 16.6. The fourth-order valence-electron chi connectivity index (χ4n) is 3.22. The molecule has 5 heteroatoms. The highest BCUT2D eigenvalue weighted by atomic mass is 16.5. The fourth-order valence-corrected chi connectivity index (χ4v) is 3.22. The van der Waals surface area contributed by atoms with Crippen molar-refractivity contribution in [3.05, 3.63) is 71.3 Å². The van der Waals surface area contributed by atoms with Crippen LogP contribution in [0.4, 0.5) is 5.69 Å². The molecule has 0 spiro atoms. The second-order valence-corrected chi connectivity index (χ2v) is 7.60. The number of carbonyl (C=O) groups is 2. The molecular weight excluding hydrogens is 364 g/mol. The Kier molecular flexibility index (Phi) is 5.21. The summed E-state index contributed by atoms with van der Waals surface area (Å²) < 4.78 is 5.78. The number of anilines is 1. The minimum absolute atomic E-state index is 0.113. The van der Waals surface area contributed by atoms with Crippen LogP contribution in [-0.2, 0) is 4.79 Å². The Labute approximate surface area is 170 Å². The molecule has 0 unspecified atom stereocenters. The van der Waals surface area contributed by atoms with Gasteiger partial charge in [-0.05, 0) is 66.8 Å². The molecule has 3 aromatic rings. The summed E-state index contributed by atoms with van der Waals surface area (Å²) in [6.07, 6.45) is 2.04. The molecule has 4 rings (SSSR count). The van der Waals surface area contributed by atoms with Gasteiger partial charge in [-0.25, -0.2) is 0 Å². The Morgan fingerprint density at radius 2 is 1.72 bits per heavy atom. The van der Waals surface area contributed by atoms with Crippen LogP contribution in [0.2, 0.25) is 0 Å². The van der Waals surface area contributed by atoms with Crippen LogP contribution < -0.4 is 15.4 Å². The number of rotatable bonds is 6. The van der Waals surface area contributed by atoms with Gasteiger partial charge in [-0.2, -0.15) is 0 Å². The van der Waals surface area contributed by atoms with Crippen molar-refractivity contribution in [2.75, 3.05) is 11.9 Å². The molecule has 0 aromatic heterocycles. The zero-order valence-electron chi connectivity index (χ0n) is 16.6. The molecule has 0 heterocycles. The summed E-state index contributed by atoms with van der Waals surface area (Å²) in [5, 5.41) is 7.77. The summed E-state index contributed by atoms with van der Waals surface area (Å²) in [5.74, 6) is -0.0268. The molecule has 0 radical (unpaired) electrons. The molecule has 1 saturated carbocycles. The lowest BCUT2D eigenvalue weighted by Crippen LogP contribution is -2.30.